The molecule has 2 saturated heterocycles. The first-order valence-corrected chi connectivity index (χ1v) is 6.85. The van der Waals surface area contributed by atoms with E-state index in [1.54, 1.807) is 6.20 Å². The molecule has 2 fully saturated rings. The number of nitrogens with zero attached hydrogens (tertiary/aromatic N) is 3. The average molecular weight is 264 g/mol. The van der Waals surface area contributed by atoms with E-state index < -0.39 is 0 Å². The van der Waals surface area contributed by atoms with Crippen LogP contribution in [0, 0.1) is 6.92 Å². The van der Waals surface area contributed by atoms with Gasteiger partial charge in [-0.05, 0) is 20.0 Å². The van der Waals surface area contributed by atoms with Crippen LogP contribution in [0.25, 0.3) is 0 Å². The third-order valence-corrected chi connectivity index (χ3v) is 4.09. The van der Waals surface area contributed by atoms with Gasteiger partial charge in [0.05, 0.1) is 6.54 Å². The van der Waals surface area contributed by atoms with E-state index in [1.165, 1.54) is 0 Å². The molecule has 1 spiro atoms. The van der Waals surface area contributed by atoms with Crippen LogP contribution in [0.3, 0.4) is 0 Å². The van der Waals surface area contributed by atoms with Crippen LogP contribution >= 0.6 is 0 Å². The lowest BCUT2D eigenvalue weighted by Crippen LogP contribution is -2.45. The van der Waals surface area contributed by atoms with Gasteiger partial charge < -0.3 is 19.5 Å². The van der Waals surface area contributed by atoms with Crippen molar-refractivity contribution in [2.24, 2.45) is 0 Å². The first-order chi connectivity index (χ1) is 9.19. The molecule has 1 amide bonds. The monoisotopic (exact) mass is 264 g/mol. The zero-order valence-electron chi connectivity index (χ0n) is 11.3. The normalized spacial score (nSPS) is 21.9. The fourth-order valence-corrected chi connectivity index (χ4v) is 2.88. The number of piperidine rings is 1. The van der Waals surface area contributed by atoms with Crippen LogP contribution in [0.2, 0.25) is 0 Å². The lowest BCUT2D eigenvalue weighted by molar-refractivity contribution is 0.0316. The highest BCUT2D eigenvalue weighted by Gasteiger charge is 2.45. The van der Waals surface area contributed by atoms with Gasteiger partial charge in [0.1, 0.15) is 11.4 Å². The summed E-state index contributed by atoms with van der Waals surface area (Å²) in [5.74, 6) is 0.976. The highest BCUT2D eigenvalue weighted by Crippen LogP contribution is 2.30. The molecule has 2 aliphatic heterocycles. The molecule has 1 aromatic rings. The molecule has 104 valence electrons. The highest BCUT2D eigenvalue weighted by atomic mass is 16.6. The summed E-state index contributed by atoms with van der Waals surface area (Å²) in [7, 11) is 0. The van der Waals surface area contributed by atoms with Gasteiger partial charge in [0.25, 0.3) is 0 Å². The molecule has 1 N–H and O–H groups in total. The van der Waals surface area contributed by atoms with Gasteiger partial charge in [-0.25, -0.2) is 9.78 Å². The summed E-state index contributed by atoms with van der Waals surface area (Å²) in [5, 5.41) is 3.31. The van der Waals surface area contributed by atoms with Crippen molar-refractivity contribution in [3.05, 3.63) is 18.2 Å². The fourth-order valence-electron chi connectivity index (χ4n) is 2.88. The van der Waals surface area contributed by atoms with Crippen molar-refractivity contribution < 1.29 is 9.53 Å². The predicted molar refractivity (Wildman–Crippen MR) is 69.9 cm³/mol. The minimum absolute atomic E-state index is 0.167. The Labute approximate surface area is 112 Å². The van der Waals surface area contributed by atoms with E-state index in [0.717, 1.165) is 44.8 Å². The van der Waals surface area contributed by atoms with E-state index in [2.05, 4.69) is 14.9 Å². The summed E-state index contributed by atoms with van der Waals surface area (Å²) >= 11 is 0. The van der Waals surface area contributed by atoms with E-state index in [-0.39, 0.29) is 11.7 Å². The molecular weight excluding hydrogens is 244 g/mol. The van der Waals surface area contributed by atoms with Gasteiger partial charge >= 0.3 is 6.09 Å². The van der Waals surface area contributed by atoms with Crippen molar-refractivity contribution in [2.75, 3.05) is 26.2 Å². The average Bonchev–Trinajstić information content (AvgIpc) is 2.93. The van der Waals surface area contributed by atoms with Gasteiger partial charge in [0.15, 0.2) is 0 Å². The zero-order chi connectivity index (χ0) is 13.3. The number of aromatic nitrogens is 2. The van der Waals surface area contributed by atoms with Gasteiger partial charge in [0, 0.05) is 38.3 Å². The number of carbonyl (C=O) groups excluding carboxylic acids is 1. The van der Waals surface area contributed by atoms with E-state index in [4.69, 9.17) is 4.74 Å². The Morgan fingerprint density at radius 3 is 2.89 bits per heavy atom. The minimum atomic E-state index is -0.244. The molecule has 0 atom stereocenters. The van der Waals surface area contributed by atoms with E-state index in [9.17, 15) is 4.79 Å². The largest absolute Gasteiger partial charge is 0.441 e. The number of nitrogens with one attached hydrogen (secondary N) is 1. The maximum absolute atomic E-state index is 12.0. The van der Waals surface area contributed by atoms with Gasteiger partial charge in [-0.15, -0.1) is 0 Å². The Bertz CT molecular complexity index is 465. The summed E-state index contributed by atoms with van der Waals surface area (Å²) < 4.78 is 7.68. The predicted octanol–water partition coefficient (Wildman–Crippen LogP) is 0.766. The molecule has 0 saturated carbocycles. The summed E-state index contributed by atoms with van der Waals surface area (Å²) in [6.07, 6.45) is 5.39. The standard InChI is InChI=1S/C13H20N4O2/c1-11-15-6-7-16(11)8-9-17-10-13(19-12(17)18)2-4-14-5-3-13/h6-7,14H,2-5,8-10H2,1H3. The van der Waals surface area contributed by atoms with Crippen molar-refractivity contribution in [3.63, 3.8) is 0 Å². The number of imidazole rings is 1. The maximum atomic E-state index is 12.0. The molecule has 0 aromatic carbocycles. The smallest absolute Gasteiger partial charge is 0.410 e. The van der Waals surface area contributed by atoms with Crippen LogP contribution in [0.1, 0.15) is 18.7 Å². The molecule has 19 heavy (non-hydrogen) atoms. The number of rotatable bonds is 3. The Hall–Kier alpha value is -1.56. The minimum Gasteiger partial charge on any atom is -0.441 e. The summed E-state index contributed by atoms with van der Waals surface area (Å²) in [6.45, 7) is 6.02. The molecule has 6 heteroatoms. The molecule has 1 aromatic heterocycles. The van der Waals surface area contributed by atoms with Gasteiger partial charge in [-0.1, -0.05) is 0 Å². The van der Waals surface area contributed by atoms with Crippen molar-refractivity contribution in [1.29, 1.82) is 0 Å². The van der Waals surface area contributed by atoms with E-state index in [1.807, 2.05) is 18.0 Å². The Kier molecular flexibility index (Phi) is 3.18. The molecule has 0 radical (unpaired) electrons. The van der Waals surface area contributed by atoms with Gasteiger partial charge in [-0.2, -0.15) is 0 Å². The number of ether oxygens (including phenoxy) is 1. The number of carbonyl (C=O) groups is 1. The van der Waals surface area contributed by atoms with Crippen LogP contribution in [-0.4, -0.2) is 52.3 Å². The van der Waals surface area contributed by atoms with Crippen molar-refractivity contribution in [3.8, 4) is 0 Å². The third-order valence-electron chi connectivity index (χ3n) is 4.09. The lowest BCUT2D eigenvalue weighted by atomic mass is 9.92. The first-order valence-electron chi connectivity index (χ1n) is 6.85. The first kappa shape index (κ1) is 12.5. The molecule has 0 unspecified atom stereocenters. The van der Waals surface area contributed by atoms with Gasteiger partial charge in [0.2, 0.25) is 0 Å². The van der Waals surface area contributed by atoms with Crippen molar-refractivity contribution in [2.45, 2.75) is 31.9 Å². The molecule has 6 nitrogen and oxygen atoms in total. The maximum Gasteiger partial charge on any atom is 0.410 e. The second-order valence-electron chi connectivity index (χ2n) is 5.39. The lowest BCUT2D eigenvalue weighted by Gasteiger charge is -2.31. The Morgan fingerprint density at radius 1 is 1.42 bits per heavy atom. The van der Waals surface area contributed by atoms with Crippen LogP contribution in [0.15, 0.2) is 12.4 Å². The Morgan fingerprint density at radius 2 is 2.21 bits per heavy atom. The molecule has 0 aliphatic carbocycles. The molecule has 3 heterocycles. The van der Waals surface area contributed by atoms with Crippen LogP contribution in [0.5, 0.6) is 0 Å². The third kappa shape index (κ3) is 2.45. The number of hydrogen-bond donors (Lipinski definition) is 1. The topological polar surface area (TPSA) is 59.4 Å². The van der Waals surface area contributed by atoms with Crippen molar-refractivity contribution in [1.82, 2.24) is 19.8 Å². The molecule has 0 bridgehead atoms. The quantitative estimate of drug-likeness (QED) is 0.876. The highest BCUT2D eigenvalue weighted by molar-refractivity contribution is 5.70. The fraction of sp³-hybridized carbons (Fsp3) is 0.692. The molecular formula is C13H20N4O2. The zero-order valence-corrected chi connectivity index (χ0v) is 11.3. The summed E-state index contributed by atoms with van der Waals surface area (Å²) in [5.41, 5.74) is -0.244. The van der Waals surface area contributed by atoms with Crippen LogP contribution in [-0.2, 0) is 11.3 Å². The SMILES string of the molecule is Cc1nccn1CCN1CC2(CCNCC2)OC1=O. The Balaban J connectivity index is 1.60. The molecule has 3 rings (SSSR count). The summed E-state index contributed by atoms with van der Waals surface area (Å²) in [4.78, 5) is 18.0. The van der Waals surface area contributed by atoms with Crippen LogP contribution < -0.4 is 5.32 Å². The van der Waals surface area contributed by atoms with E-state index >= 15 is 0 Å². The second-order valence-corrected chi connectivity index (χ2v) is 5.39. The van der Waals surface area contributed by atoms with E-state index in [0.29, 0.717) is 6.54 Å². The second kappa shape index (κ2) is 4.85. The number of aryl methyl sites for hydroxylation is 1. The number of hydrogen-bond acceptors (Lipinski definition) is 4. The molecule has 2 aliphatic rings. The van der Waals surface area contributed by atoms with Gasteiger partial charge in [-0.3, -0.25) is 0 Å². The summed E-state index contributed by atoms with van der Waals surface area (Å²) in [6, 6.07) is 0. The van der Waals surface area contributed by atoms with Crippen LogP contribution in [0.4, 0.5) is 4.79 Å². The van der Waals surface area contributed by atoms with Crippen molar-refractivity contribution >= 4 is 6.09 Å². The number of amides is 1.